The van der Waals surface area contributed by atoms with Crippen LogP contribution in [0.1, 0.15) is 63.9 Å². The Bertz CT molecular complexity index is 1560. The molecule has 10 heteroatoms. The number of para-hydroxylation sites is 2. The van der Waals surface area contributed by atoms with Gasteiger partial charge >= 0.3 is 5.97 Å². The molecule has 9 nitrogen and oxygen atoms in total. The topological polar surface area (TPSA) is 85.5 Å². The van der Waals surface area contributed by atoms with Gasteiger partial charge in [0.25, 0.3) is 5.56 Å². The van der Waals surface area contributed by atoms with Gasteiger partial charge in [-0.3, -0.25) is 9.59 Å². The van der Waals surface area contributed by atoms with Crippen molar-refractivity contribution < 1.29 is 13.9 Å². The third-order valence-corrected chi connectivity index (χ3v) is 8.25. The number of benzene rings is 2. The normalized spacial score (nSPS) is 13.9. The van der Waals surface area contributed by atoms with Crippen molar-refractivity contribution in [2.24, 2.45) is 0 Å². The van der Waals surface area contributed by atoms with Crippen LogP contribution in [-0.4, -0.2) is 51.3 Å². The molecule has 4 aromatic rings. The van der Waals surface area contributed by atoms with Crippen molar-refractivity contribution in [3.05, 3.63) is 82.5 Å². The highest BCUT2D eigenvalue weighted by Gasteiger charge is 2.28. The summed E-state index contributed by atoms with van der Waals surface area (Å²) < 4.78 is 22.7. The summed E-state index contributed by atoms with van der Waals surface area (Å²) in [5, 5.41) is 0. The molecule has 0 bridgehead atoms. The summed E-state index contributed by atoms with van der Waals surface area (Å²) in [6, 6.07) is 16.2. The minimum absolute atomic E-state index is 0.140. The Morgan fingerprint density at radius 3 is 2.51 bits per heavy atom. The number of hydrogen-bond acceptors (Lipinski definition) is 7. The molecule has 0 saturated carbocycles. The van der Waals surface area contributed by atoms with Crippen LogP contribution in [0.15, 0.2) is 65.6 Å². The highest BCUT2D eigenvalue weighted by Crippen LogP contribution is 2.28. The number of fused-ring (bicyclic) bond motifs is 1. The molecule has 1 fully saturated rings. The van der Waals surface area contributed by atoms with Gasteiger partial charge in [0.1, 0.15) is 5.82 Å². The molecule has 0 aliphatic carbocycles. The minimum Gasteiger partial charge on any atom is -0.444 e. The van der Waals surface area contributed by atoms with Gasteiger partial charge in [0.05, 0.1) is 17.6 Å². The van der Waals surface area contributed by atoms with Gasteiger partial charge in [0.2, 0.25) is 11.9 Å². The van der Waals surface area contributed by atoms with E-state index in [1.807, 2.05) is 42.3 Å². The molecule has 0 unspecified atom stereocenters. The number of carbonyl (C=O) groups is 1. The Morgan fingerprint density at radius 1 is 1.00 bits per heavy atom. The average molecular weight is 589 g/mol. The predicted molar refractivity (Wildman–Crippen MR) is 167 cm³/mol. The Hall–Kier alpha value is -4.21. The molecule has 1 saturated heterocycles. The standard InChI is InChI=1S/C33H41FN6O3/c1-3-4-5-6-7-12-31(42)43-24-40-30(41)17-20-35-32(40)37(2)27-18-21-38(22-19-27)33-36-28-10-8-9-11-29(28)39(33)23-25-13-15-26(34)16-14-25/h8-11,13-17,20,27H,3-7,12,18-19,21-24H2,1-2H3. The molecule has 0 amide bonds. The molecular formula is C33H41FN6O3. The second-order valence-corrected chi connectivity index (χ2v) is 11.3. The Morgan fingerprint density at radius 2 is 1.74 bits per heavy atom. The lowest BCUT2D eigenvalue weighted by atomic mass is 10.0. The number of ether oxygens (including phenoxy) is 1. The maximum absolute atomic E-state index is 13.5. The molecule has 0 radical (unpaired) electrons. The van der Waals surface area contributed by atoms with Gasteiger partial charge in [-0.15, -0.1) is 0 Å². The number of nitrogens with zero attached hydrogens (tertiary/aromatic N) is 6. The third-order valence-electron chi connectivity index (χ3n) is 8.25. The van der Waals surface area contributed by atoms with Crippen LogP contribution in [0.2, 0.25) is 0 Å². The molecule has 228 valence electrons. The zero-order valence-electron chi connectivity index (χ0n) is 25.1. The molecule has 1 aliphatic rings. The molecule has 43 heavy (non-hydrogen) atoms. The van der Waals surface area contributed by atoms with Crippen LogP contribution in [-0.2, 0) is 22.8 Å². The van der Waals surface area contributed by atoms with Gasteiger partial charge in [-0.2, -0.15) is 0 Å². The van der Waals surface area contributed by atoms with E-state index >= 15 is 0 Å². The highest BCUT2D eigenvalue weighted by atomic mass is 19.1. The van der Waals surface area contributed by atoms with Crippen molar-refractivity contribution in [1.82, 2.24) is 19.1 Å². The smallest absolute Gasteiger partial charge is 0.307 e. The monoisotopic (exact) mass is 588 g/mol. The van der Waals surface area contributed by atoms with E-state index in [-0.39, 0.29) is 30.1 Å². The number of rotatable bonds is 13. The van der Waals surface area contributed by atoms with Crippen LogP contribution >= 0.6 is 0 Å². The number of hydrogen-bond donors (Lipinski definition) is 0. The lowest BCUT2D eigenvalue weighted by Gasteiger charge is -2.38. The summed E-state index contributed by atoms with van der Waals surface area (Å²) in [4.78, 5) is 38.9. The molecule has 3 heterocycles. The van der Waals surface area contributed by atoms with Crippen molar-refractivity contribution in [1.29, 1.82) is 0 Å². The van der Waals surface area contributed by atoms with Crippen molar-refractivity contribution in [3.8, 4) is 0 Å². The molecule has 5 rings (SSSR count). The zero-order chi connectivity index (χ0) is 30.2. The molecule has 0 spiro atoms. The molecular weight excluding hydrogens is 547 g/mol. The van der Waals surface area contributed by atoms with Crippen molar-refractivity contribution in [3.63, 3.8) is 0 Å². The number of imidazole rings is 1. The summed E-state index contributed by atoms with van der Waals surface area (Å²) in [7, 11) is 1.94. The molecule has 1 aliphatic heterocycles. The fraction of sp³-hybridized carbons (Fsp3) is 0.455. The van der Waals surface area contributed by atoms with Crippen molar-refractivity contribution in [2.45, 2.75) is 77.6 Å². The lowest BCUT2D eigenvalue weighted by molar-refractivity contribution is -0.147. The van der Waals surface area contributed by atoms with E-state index in [1.165, 1.54) is 35.4 Å². The number of anilines is 2. The van der Waals surface area contributed by atoms with E-state index in [0.29, 0.717) is 18.9 Å². The van der Waals surface area contributed by atoms with Crippen molar-refractivity contribution >= 4 is 28.9 Å². The zero-order valence-corrected chi connectivity index (χ0v) is 25.1. The predicted octanol–water partition coefficient (Wildman–Crippen LogP) is 5.75. The highest BCUT2D eigenvalue weighted by molar-refractivity contribution is 5.79. The van der Waals surface area contributed by atoms with Crippen LogP contribution in [0, 0.1) is 5.82 Å². The fourth-order valence-electron chi connectivity index (χ4n) is 5.76. The number of halogens is 1. The largest absolute Gasteiger partial charge is 0.444 e. The van der Waals surface area contributed by atoms with E-state index < -0.39 is 0 Å². The Balaban J connectivity index is 1.24. The van der Waals surface area contributed by atoms with Crippen molar-refractivity contribution in [2.75, 3.05) is 29.9 Å². The number of piperidine rings is 1. The first-order valence-electron chi connectivity index (χ1n) is 15.3. The van der Waals surface area contributed by atoms with Crippen LogP contribution in [0.4, 0.5) is 16.3 Å². The quantitative estimate of drug-likeness (QED) is 0.145. The first-order valence-corrected chi connectivity index (χ1v) is 15.3. The minimum atomic E-state index is -0.294. The van der Waals surface area contributed by atoms with Crippen LogP contribution < -0.4 is 15.4 Å². The molecule has 0 N–H and O–H groups in total. The Kier molecular flexibility index (Phi) is 10.1. The number of esters is 1. The van der Waals surface area contributed by atoms with Crippen LogP contribution in [0.25, 0.3) is 11.0 Å². The average Bonchev–Trinajstić information content (AvgIpc) is 3.39. The third kappa shape index (κ3) is 7.42. The summed E-state index contributed by atoms with van der Waals surface area (Å²) >= 11 is 0. The molecule has 2 aromatic heterocycles. The molecule has 2 aromatic carbocycles. The second kappa shape index (κ2) is 14.3. The second-order valence-electron chi connectivity index (χ2n) is 11.3. The first-order chi connectivity index (χ1) is 20.9. The first kappa shape index (κ1) is 30.3. The van der Waals surface area contributed by atoms with Crippen LogP contribution in [0.3, 0.4) is 0 Å². The van der Waals surface area contributed by atoms with Gasteiger partial charge < -0.3 is 19.1 Å². The number of unbranched alkanes of at least 4 members (excludes halogenated alkanes) is 4. The van der Waals surface area contributed by atoms with E-state index in [4.69, 9.17) is 9.72 Å². The molecule has 0 atom stereocenters. The SMILES string of the molecule is CCCCCCCC(=O)OCn1c(N(C)C2CCN(c3nc4ccccc4n3Cc3ccc(F)cc3)CC2)nccc1=O. The van der Waals surface area contributed by atoms with Gasteiger partial charge in [-0.1, -0.05) is 56.9 Å². The Labute approximate surface area is 251 Å². The summed E-state index contributed by atoms with van der Waals surface area (Å²) in [6.07, 6.45) is 8.77. The fourth-order valence-corrected chi connectivity index (χ4v) is 5.76. The summed E-state index contributed by atoms with van der Waals surface area (Å²) in [6.45, 7) is 4.14. The van der Waals surface area contributed by atoms with Crippen LogP contribution in [0.5, 0.6) is 0 Å². The van der Waals surface area contributed by atoms with E-state index in [0.717, 1.165) is 74.2 Å². The lowest BCUT2D eigenvalue weighted by Crippen LogP contribution is -2.46. The number of aromatic nitrogens is 4. The van der Waals surface area contributed by atoms with E-state index in [2.05, 4.69) is 27.4 Å². The van der Waals surface area contributed by atoms with E-state index in [9.17, 15) is 14.0 Å². The summed E-state index contributed by atoms with van der Waals surface area (Å²) in [5.41, 5.74) is 2.71. The van der Waals surface area contributed by atoms with Gasteiger partial charge in [0, 0.05) is 44.9 Å². The maximum Gasteiger partial charge on any atom is 0.307 e. The van der Waals surface area contributed by atoms with Gasteiger partial charge in [-0.25, -0.2) is 18.9 Å². The maximum atomic E-state index is 13.5. The van der Waals surface area contributed by atoms with E-state index in [1.54, 1.807) is 0 Å². The van der Waals surface area contributed by atoms with Gasteiger partial charge in [0.15, 0.2) is 6.73 Å². The summed E-state index contributed by atoms with van der Waals surface area (Å²) in [5.74, 6) is 0.839. The number of carbonyl (C=O) groups excluding carboxylic acids is 1. The van der Waals surface area contributed by atoms with Gasteiger partial charge in [-0.05, 0) is 49.1 Å².